The number of rotatable bonds is 6. The smallest absolute Gasteiger partial charge is 0.0621 e. The van der Waals surface area contributed by atoms with Crippen LogP contribution in [0.3, 0.4) is 0 Å². The summed E-state index contributed by atoms with van der Waals surface area (Å²) in [4.78, 5) is 3.96. The van der Waals surface area contributed by atoms with E-state index >= 15 is 0 Å². The van der Waals surface area contributed by atoms with E-state index in [1.165, 1.54) is 0 Å². The van der Waals surface area contributed by atoms with Crippen LogP contribution in [0.5, 0.6) is 0 Å². The Morgan fingerprint density at radius 2 is 2.40 bits per heavy atom. The van der Waals surface area contributed by atoms with E-state index in [-0.39, 0.29) is 0 Å². The van der Waals surface area contributed by atoms with Gasteiger partial charge in [0.1, 0.15) is 0 Å². The fraction of sp³-hybridized carbons (Fsp3) is 0.545. The first kappa shape index (κ1) is 12.4. The Bertz CT molecular complexity index is 288. The molecular formula is C11H17ClN2O. The molecule has 84 valence electrons. The molecule has 0 saturated carbocycles. The van der Waals surface area contributed by atoms with E-state index in [1.54, 1.807) is 19.5 Å². The van der Waals surface area contributed by atoms with Crippen LogP contribution in [0.2, 0.25) is 5.02 Å². The van der Waals surface area contributed by atoms with Gasteiger partial charge in [-0.25, -0.2) is 0 Å². The monoisotopic (exact) mass is 228 g/mol. The van der Waals surface area contributed by atoms with Gasteiger partial charge in [-0.15, -0.1) is 0 Å². The summed E-state index contributed by atoms with van der Waals surface area (Å²) in [5.41, 5.74) is 1.11. The van der Waals surface area contributed by atoms with Crippen molar-refractivity contribution in [2.75, 3.05) is 20.3 Å². The van der Waals surface area contributed by atoms with E-state index in [9.17, 15) is 0 Å². The van der Waals surface area contributed by atoms with Gasteiger partial charge in [-0.2, -0.15) is 0 Å². The van der Waals surface area contributed by atoms with Gasteiger partial charge >= 0.3 is 0 Å². The molecule has 0 bridgehead atoms. The highest BCUT2D eigenvalue weighted by Gasteiger charge is 2.09. The van der Waals surface area contributed by atoms with Gasteiger partial charge in [0.05, 0.1) is 11.6 Å². The quantitative estimate of drug-likeness (QED) is 0.808. The van der Waals surface area contributed by atoms with E-state index in [0.717, 1.165) is 23.6 Å². The minimum absolute atomic E-state index is 0.305. The molecule has 0 aliphatic heterocycles. The average molecular weight is 229 g/mol. The molecule has 0 fully saturated rings. The number of hydrogen-bond donors (Lipinski definition) is 1. The number of hydrogen-bond acceptors (Lipinski definition) is 3. The maximum atomic E-state index is 6.04. The molecule has 0 spiro atoms. The van der Waals surface area contributed by atoms with E-state index in [1.807, 2.05) is 6.07 Å². The molecule has 4 heteroatoms. The summed E-state index contributed by atoms with van der Waals surface area (Å²) in [6.45, 7) is 3.69. The first-order valence-corrected chi connectivity index (χ1v) is 5.46. The predicted octanol–water partition coefficient (Wildman–Crippen LogP) is 1.90. The van der Waals surface area contributed by atoms with Crippen molar-refractivity contribution in [3.8, 4) is 0 Å². The van der Waals surface area contributed by atoms with Gasteiger partial charge < -0.3 is 10.1 Å². The molecule has 0 aliphatic carbocycles. The molecule has 1 unspecified atom stereocenters. The maximum Gasteiger partial charge on any atom is 0.0621 e. The van der Waals surface area contributed by atoms with Crippen LogP contribution in [-0.4, -0.2) is 31.3 Å². The Balaban J connectivity index is 2.60. The Labute approximate surface area is 95.8 Å². The minimum Gasteiger partial charge on any atom is -0.383 e. The molecule has 0 aliphatic rings. The highest BCUT2D eigenvalue weighted by molar-refractivity contribution is 6.31. The van der Waals surface area contributed by atoms with Crippen molar-refractivity contribution >= 4 is 11.6 Å². The summed E-state index contributed by atoms with van der Waals surface area (Å²) in [6.07, 6.45) is 4.30. The third kappa shape index (κ3) is 4.16. The van der Waals surface area contributed by atoms with Crippen molar-refractivity contribution in [1.29, 1.82) is 0 Å². The lowest BCUT2D eigenvalue weighted by atomic mass is 10.1. The van der Waals surface area contributed by atoms with Crippen molar-refractivity contribution in [3.63, 3.8) is 0 Å². The van der Waals surface area contributed by atoms with Crippen LogP contribution in [0.4, 0.5) is 0 Å². The summed E-state index contributed by atoms with van der Waals surface area (Å²) >= 11 is 6.04. The minimum atomic E-state index is 0.305. The van der Waals surface area contributed by atoms with Crippen LogP contribution in [0.1, 0.15) is 12.5 Å². The normalized spacial score (nSPS) is 12.7. The molecule has 1 aromatic heterocycles. The van der Waals surface area contributed by atoms with Gasteiger partial charge in [0, 0.05) is 25.5 Å². The molecule has 0 radical (unpaired) electrons. The zero-order valence-electron chi connectivity index (χ0n) is 9.16. The fourth-order valence-electron chi connectivity index (χ4n) is 1.51. The van der Waals surface area contributed by atoms with Crippen molar-refractivity contribution < 1.29 is 4.74 Å². The lowest BCUT2D eigenvalue weighted by Gasteiger charge is -2.17. The van der Waals surface area contributed by atoms with Crippen LogP contribution < -0.4 is 5.32 Å². The molecule has 3 nitrogen and oxygen atoms in total. The van der Waals surface area contributed by atoms with Crippen LogP contribution >= 0.6 is 11.6 Å². The first-order valence-electron chi connectivity index (χ1n) is 5.08. The number of pyridine rings is 1. The molecule has 1 rings (SSSR count). The van der Waals surface area contributed by atoms with Gasteiger partial charge in [-0.1, -0.05) is 18.5 Å². The second-order valence-corrected chi connectivity index (χ2v) is 3.79. The number of halogens is 1. The SMILES string of the molecule is CCNC(COC)Cc1ccncc1Cl. The summed E-state index contributed by atoms with van der Waals surface area (Å²) in [5.74, 6) is 0. The number of aromatic nitrogens is 1. The summed E-state index contributed by atoms with van der Waals surface area (Å²) in [6, 6.07) is 2.25. The Morgan fingerprint density at radius 1 is 1.60 bits per heavy atom. The molecule has 1 N–H and O–H groups in total. The lowest BCUT2D eigenvalue weighted by molar-refractivity contribution is 0.167. The highest BCUT2D eigenvalue weighted by Crippen LogP contribution is 2.15. The molecule has 15 heavy (non-hydrogen) atoms. The molecule has 0 aromatic carbocycles. The Kier molecular flexibility index (Phi) is 5.61. The first-order chi connectivity index (χ1) is 7.27. The average Bonchev–Trinajstić information content (AvgIpc) is 2.22. The van der Waals surface area contributed by atoms with Gasteiger partial charge in [0.2, 0.25) is 0 Å². The summed E-state index contributed by atoms with van der Waals surface area (Å²) < 4.78 is 5.15. The van der Waals surface area contributed by atoms with Gasteiger partial charge in [-0.3, -0.25) is 4.98 Å². The number of nitrogens with zero attached hydrogens (tertiary/aromatic N) is 1. The second kappa shape index (κ2) is 6.77. The second-order valence-electron chi connectivity index (χ2n) is 3.38. The van der Waals surface area contributed by atoms with Gasteiger partial charge in [-0.05, 0) is 24.6 Å². The molecular weight excluding hydrogens is 212 g/mol. The number of methoxy groups -OCH3 is 1. The molecule has 1 heterocycles. The lowest BCUT2D eigenvalue weighted by Crippen LogP contribution is -2.35. The maximum absolute atomic E-state index is 6.04. The highest BCUT2D eigenvalue weighted by atomic mass is 35.5. The van der Waals surface area contributed by atoms with E-state index < -0.39 is 0 Å². The Hall–Kier alpha value is -0.640. The zero-order chi connectivity index (χ0) is 11.1. The topological polar surface area (TPSA) is 34.1 Å². The number of ether oxygens (including phenoxy) is 1. The summed E-state index contributed by atoms with van der Waals surface area (Å²) in [5, 5.41) is 4.07. The largest absolute Gasteiger partial charge is 0.383 e. The van der Waals surface area contributed by atoms with E-state index in [2.05, 4.69) is 17.2 Å². The van der Waals surface area contributed by atoms with Crippen LogP contribution in [-0.2, 0) is 11.2 Å². The standard InChI is InChI=1S/C11H17ClN2O/c1-3-14-10(8-15-2)6-9-4-5-13-7-11(9)12/h4-5,7,10,14H,3,6,8H2,1-2H3. The van der Waals surface area contributed by atoms with Crippen molar-refractivity contribution in [2.24, 2.45) is 0 Å². The van der Waals surface area contributed by atoms with Gasteiger partial charge in [0.15, 0.2) is 0 Å². The third-order valence-corrected chi connectivity index (χ3v) is 2.52. The molecule has 0 saturated heterocycles. The van der Waals surface area contributed by atoms with Crippen LogP contribution in [0.15, 0.2) is 18.5 Å². The predicted molar refractivity (Wildman–Crippen MR) is 62.3 cm³/mol. The number of nitrogens with one attached hydrogen (secondary N) is 1. The van der Waals surface area contributed by atoms with Crippen LogP contribution in [0.25, 0.3) is 0 Å². The van der Waals surface area contributed by atoms with E-state index in [4.69, 9.17) is 16.3 Å². The zero-order valence-corrected chi connectivity index (χ0v) is 9.92. The Morgan fingerprint density at radius 3 is 3.00 bits per heavy atom. The van der Waals surface area contributed by atoms with Crippen molar-refractivity contribution in [2.45, 2.75) is 19.4 Å². The molecule has 1 aromatic rings. The third-order valence-electron chi connectivity index (χ3n) is 2.18. The van der Waals surface area contributed by atoms with Crippen molar-refractivity contribution in [3.05, 3.63) is 29.0 Å². The van der Waals surface area contributed by atoms with Gasteiger partial charge in [0.25, 0.3) is 0 Å². The molecule has 0 amide bonds. The fourth-order valence-corrected chi connectivity index (χ4v) is 1.71. The number of likely N-dealkylation sites (N-methyl/N-ethyl adjacent to an activating group) is 1. The molecule has 1 atom stereocenters. The van der Waals surface area contributed by atoms with Crippen LogP contribution in [0, 0.1) is 0 Å². The van der Waals surface area contributed by atoms with E-state index in [0.29, 0.717) is 12.6 Å². The van der Waals surface area contributed by atoms with Crippen molar-refractivity contribution in [1.82, 2.24) is 10.3 Å². The summed E-state index contributed by atoms with van der Waals surface area (Å²) in [7, 11) is 1.71.